The second-order valence-electron chi connectivity index (χ2n) is 15.3. The Balaban J connectivity index is 2.31. The van der Waals surface area contributed by atoms with Crippen LogP contribution in [0.4, 0.5) is 26.3 Å². The summed E-state index contributed by atoms with van der Waals surface area (Å²) >= 11 is 0. The van der Waals surface area contributed by atoms with E-state index in [9.17, 15) is 43.2 Å². The van der Waals surface area contributed by atoms with Crippen LogP contribution < -0.4 is 18.7 Å². The molecule has 0 heterocycles. The molecule has 280 valence electrons. The van der Waals surface area contributed by atoms with Crippen molar-refractivity contribution >= 4 is 46.8 Å². The van der Waals surface area contributed by atoms with Crippen LogP contribution in [0.5, 0.6) is 11.5 Å². The van der Waals surface area contributed by atoms with Gasteiger partial charge in [0.15, 0.2) is 0 Å². The highest BCUT2D eigenvalue weighted by atomic mass is 32.2. The second kappa shape index (κ2) is 12.7. The van der Waals surface area contributed by atoms with Crippen LogP contribution in [0.3, 0.4) is 0 Å². The third-order valence-corrected chi connectivity index (χ3v) is 27.3. The smallest absolute Gasteiger partial charge is 0.376 e. The minimum atomic E-state index is -6.03. The monoisotopic (exact) mass is 784 g/mol. The van der Waals surface area contributed by atoms with Gasteiger partial charge < -0.3 is 8.37 Å². The summed E-state index contributed by atoms with van der Waals surface area (Å²) in [5, 5.41) is 2.06. The summed E-state index contributed by atoms with van der Waals surface area (Å²) in [4.78, 5) is 0. The average Bonchev–Trinajstić information content (AvgIpc) is 3.60. The Morgan fingerprint density at radius 2 is 0.720 bits per heavy atom. The second-order valence-corrected chi connectivity index (χ2v) is 30.0. The molecule has 0 atom stereocenters. The van der Waals surface area contributed by atoms with Gasteiger partial charge in [0.25, 0.3) is 0 Å². The van der Waals surface area contributed by atoms with Crippen molar-refractivity contribution in [3.05, 3.63) is 34.7 Å². The zero-order chi connectivity index (χ0) is 38.5. The summed E-state index contributed by atoms with van der Waals surface area (Å²) in [7, 11) is -18.0. The molecule has 0 N–H and O–H groups in total. The molecule has 0 spiro atoms. The normalized spacial score (nSPS) is 14.8. The lowest BCUT2D eigenvalue weighted by Crippen LogP contribution is -2.56. The number of fused-ring (bicyclic) bond motifs is 4. The molecule has 0 saturated carbocycles. The van der Waals surface area contributed by atoms with Crippen molar-refractivity contribution in [2.45, 2.75) is 127 Å². The van der Waals surface area contributed by atoms with Gasteiger partial charge in [-0.15, -0.1) is 0 Å². The Morgan fingerprint density at radius 1 is 0.480 bits per heavy atom. The van der Waals surface area contributed by atoms with Crippen molar-refractivity contribution in [1.29, 1.82) is 0 Å². The predicted octanol–water partition coefficient (Wildman–Crippen LogP) is 9.72. The molecule has 0 aromatic carbocycles. The van der Waals surface area contributed by atoms with Gasteiger partial charge in [-0.3, -0.25) is 0 Å². The van der Waals surface area contributed by atoms with Crippen molar-refractivity contribution < 1.29 is 51.5 Å². The quantitative estimate of drug-likeness (QED) is 0.0616. The Hall–Kier alpha value is -2.31. The lowest BCUT2D eigenvalue weighted by molar-refractivity contribution is -0.0504. The first kappa shape index (κ1) is 40.5. The van der Waals surface area contributed by atoms with Gasteiger partial charge in [-0.05, 0) is 101 Å². The van der Waals surface area contributed by atoms with Crippen LogP contribution in [-0.2, 0) is 20.2 Å². The molecule has 4 rings (SSSR count). The summed E-state index contributed by atoms with van der Waals surface area (Å²) in [6, 6.07) is 6.05. The summed E-state index contributed by atoms with van der Waals surface area (Å²) in [5.41, 5.74) is -9.82. The van der Waals surface area contributed by atoms with Gasteiger partial charge in [0.1, 0.15) is 11.5 Å². The number of hydrogen-bond donors (Lipinski definition) is 0. The van der Waals surface area contributed by atoms with Gasteiger partial charge >= 0.3 is 31.3 Å². The van der Waals surface area contributed by atoms with E-state index in [1.54, 1.807) is 12.1 Å². The molecule has 16 heteroatoms. The number of alkyl halides is 6. The van der Waals surface area contributed by atoms with Crippen LogP contribution in [-0.4, -0.2) is 44.0 Å². The van der Waals surface area contributed by atoms with Crippen LogP contribution in [0.1, 0.15) is 83.1 Å². The average molecular weight is 785 g/mol. The van der Waals surface area contributed by atoms with Gasteiger partial charge in [-0.2, -0.15) is 43.2 Å². The van der Waals surface area contributed by atoms with E-state index in [0.29, 0.717) is 43.1 Å². The SMILES string of the molecule is CC(C)[Si](c1c(OS(=O)(=O)C(F)(F)F)cc2cc3c4c([Si](C(C)C)(C(C)C)C(C)C)c(OS(=O)(=O)C(F)(F)F)cc-4cc=3c1-2)(C(C)C)C(C)C. The molecule has 0 aromatic heterocycles. The van der Waals surface area contributed by atoms with E-state index in [4.69, 9.17) is 8.37 Å². The fraction of sp³-hybridized carbons (Fsp3) is 0.588. The molecular formula is C34H46F6O6S2Si2. The first-order valence-electron chi connectivity index (χ1n) is 16.7. The van der Waals surface area contributed by atoms with E-state index in [-0.39, 0.29) is 44.7 Å². The molecule has 0 fully saturated rings. The molecule has 0 aromatic rings. The maximum Gasteiger partial charge on any atom is 0.534 e. The molecule has 4 aliphatic rings. The summed E-state index contributed by atoms with van der Waals surface area (Å²) in [5.74, 6) is -0.734. The molecule has 4 aliphatic carbocycles. The van der Waals surface area contributed by atoms with Crippen molar-refractivity contribution in [2.75, 3.05) is 0 Å². The van der Waals surface area contributed by atoms with E-state index in [1.165, 1.54) is 12.1 Å². The molecule has 0 amide bonds. The molecule has 0 saturated heterocycles. The standard InChI is InChI=1S/C34H46F6O6S2Si2/c1-17(2)49(18(3)4,19(5)6)31-27(45-47(41,42)33(35,36)37)15-23-13-26-25(29(23)31)14-24-16-28(46-48(43,44)34(38,39)40)32(30(24)26)50(20(7)8,21(9)10)22(11)12/h13-22H,1-12H3. The first-order chi connectivity index (χ1) is 22.5. The summed E-state index contributed by atoms with van der Waals surface area (Å²) < 4.78 is 142. The zero-order valence-electron chi connectivity index (χ0n) is 30.3. The van der Waals surface area contributed by atoms with Gasteiger partial charge in [0, 0.05) is 0 Å². The van der Waals surface area contributed by atoms with Gasteiger partial charge in [-0.1, -0.05) is 83.1 Å². The minimum Gasteiger partial charge on any atom is -0.376 e. The van der Waals surface area contributed by atoms with Crippen LogP contribution >= 0.6 is 0 Å². The van der Waals surface area contributed by atoms with Crippen molar-refractivity contribution in [2.24, 2.45) is 0 Å². The fourth-order valence-electron chi connectivity index (χ4n) is 9.85. The number of rotatable bonds is 12. The van der Waals surface area contributed by atoms with Crippen LogP contribution in [0.2, 0.25) is 33.2 Å². The Labute approximate surface area is 293 Å². The number of hydrogen-bond acceptors (Lipinski definition) is 6. The van der Waals surface area contributed by atoms with Crippen LogP contribution in [0.15, 0.2) is 24.3 Å². The third kappa shape index (κ3) is 5.78. The topological polar surface area (TPSA) is 86.7 Å². The van der Waals surface area contributed by atoms with Gasteiger partial charge in [0.05, 0.1) is 16.1 Å². The molecule has 0 bridgehead atoms. The highest BCUT2D eigenvalue weighted by Gasteiger charge is 2.55. The van der Waals surface area contributed by atoms with Crippen molar-refractivity contribution in [1.82, 2.24) is 0 Å². The maximum absolute atomic E-state index is 13.7. The summed E-state index contributed by atoms with van der Waals surface area (Å²) in [6.45, 7) is 23.7. The largest absolute Gasteiger partial charge is 0.534 e. The van der Waals surface area contributed by atoms with Crippen LogP contribution in [0.25, 0.3) is 22.3 Å². The Morgan fingerprint density at radius 3 is 0.920 bits per heavy atom. The number of halogens is 6. The Bertz CT molecular complexity index is 1860. The van der Waals surface area contributed by atoms with Crippen molar-refractivity contribution in [3.63, 3.8) is 0 Å². The molecular weight excluding hydrogens is 739 g/mol. The van der Waals surface area contributed by atoms with E-state index in [0.717, 1.165) is 0 Å². The molecule has 0 unspecified atom stereocenters. The highest BCUT2D eigenvalue weighted by Crippen LogP contribution is 2.52. The lowest BCUT2D eigenvalue weighted by atomic mass is 10.2. The maximum atomic E-state index is 13.7. The van der Waals surface area contributed by atoms with E-state index in [2.05, 4.69) is 0 Å². The molecule has 50 heavy (non-hydrogen) atoms. The van der Waals surface area contributed by atoms with Gasteiger partial charge in [0.2, 0.25) is 0 Å². The highest BCUT2D eigenvalue weighted by molar-refractivity contribution is 7.88. The predicted molar refractivity (Wildman–Crippen MR) is 190 cm³/mol. The fourth-order valence-corrected chi connectivity index (χ4v) is 24.9. The van der Waals surface area contributed by atoms with E-state index in [1.807, 2.05) is 83.1 Å². The van der Waals surface area contributed by atoms with Crippen molar-refractivity contribution in [3.8, 4) is 33.8 Å². The van der Waals surface area contributed by atoms with Gasteiger partial charge in [-0.25, -0.2) is 0 Å². The third-order valence-electron chi connectivity index (χ3n) is 11.1. The zero-order valence-corrected chi connectivity index (χ0v) is 33.9. The van der Waals surface area contributed by atoms with E-state index >= 15 is 0 Å². The lowest BCUT2D eigenvalue weighted by Gasteiger charge is -2.44. The summed E-state index contributed by atoms with van der Waals surface area (Å²) in [6.07, 6.45) is 0. The minimum absolute atomic E-state index is 0.0757. The Kier molecular flexibility index (Phi) is 10.3. The van der Waals surface area contributed by atoms with Crippen LogP contribution in [0, 0.1) is 10.4 Å². The first-order valence-corrected chi connectivity index (χ1v) is 24.0. The molecule has 6 nitrogen and oxygen atoms in total. The molecule has 0 radical (unpaired) electrons. The van der Waals surface area contributed by atoms with E-state index < -0.39 is 47.4 Å². The molecule has 0 aliphatic heterocycles.